The number of benzene rings is 8. The molecule has 0 saturated carbocycles. The second-order valence-electron chi connectivity index (χ2n) is 24.7. The fourth-order valence-electron chi connectivity index (χ4n) is 15.6. The SMILES string of the molecule is CC(C)(C)c1ccnc(-n2c3ccccc3c3ccc(Oc4cccc(N5CN(C67c8ccccc8C(c8ccccc86)C6(C(C)(C)C)c8ccccc8C7(C(C)(C)C)c7ccccc76)c6ccccc65)c4)cc32)c1. The van der Waals surface area contributed by atoms with Crippen molar-refractivity contribution in [1.82, 2.24) is 9.55 Å². The number of fused-ring (bicyclic) bond motifs is 4. The lowest BCUT2D eigenvalue weighted by Crippen LogP contribution is -2.73. The van der Waals surface area contributed by atoms with Crippen LogP contribution in [0.5, 0.6) is 11.5 Å². The molecule has 5 nitrogen and oxygen atoms in total. The molecule has 0 fully saturated rings. The van der Waals surface area contributed by atoms with E-state index in [-0.39, 0.29) is 22.2 Å². The molecule has 3 heterocycles. The van der Waals surface area contributed by atoms with E-state index in [1.165, 1.54) is 66.8 Å². The molecular formula is C70H64N4O. The number of para-hydroxylation sites is 3. The van der Waals surface area contributed by atoms with Gasteiger partial charge >= 0.3 is 0 Å². The highest BCUT2D eigenvalue weighted by Crippen LogP contribution is 2.78. The number of rotatable bonds is 5. The van der Waals surface area contributed by atoms with Crippen LogP contribution >= 0.6 is 0 Å². The van der Waals surface area contributed by atoms with Gasteiger partial charge in [-0.25, -0.2) is 4.98 Å². The average Bonchev–Trinajstić information content (AvgIpc) is 3.96. The Kier molecular flexibility index (Phi) is 9.50. The Morgan fingerprint density at radius 3 is 1.68 bits per heavy atom. The Hall–Kier alpha value is -7.89. The van der Waals surface area contributed by atoms with Crippen LogP contribution in [0, 0.1) is 10.8 Å². The average molecular weight is 977 g/mol. The Morgan fingerprint density at radius 1 is 0.480 bits per heavy atom. The lowest BCUT2D eigenvalue weighted by atomic mass is 9.33. The van der Waals surface area contributed by atoms with Crippen LogP contribution in [0.3, 0.4) is 0 Å². The van der Waals surface area contributed by atoms with Crippen LogP contribution < -0.4 is 14.5 Å². The predicted octanol–water partition coefficient (Wildman–Crippen LogP) is 17.3. The van der Waals surface area contributed by atoms with Crippen molar-refractivity contribution in [3.63, 3.8) is 0 Å². The van der Waals surface area contributed by atoms with Crippen molar-refractivity contribution in [1.29, 1.82) is 0 Å². The van der Waals surface area contributed by atoms with Gasteiger partial charge in [-0.05, 0) is 121 Å². The maximum Gasteiger partial charge on any atom is 0.137 e. The van der Waals surface area contributed by atoms with Crippen LogP contribution in [-0.2, 0) is 21.8 Å². The van der Waals surface area contributed by atoms with Gasteiger partial charge in [0.1, 0.15) is 22.9 Å². The van der Waals surface area contributed by atoms with E-state index >= 15 is 0 Å². The van der Waals surface area contributed by atoms with Gasteiger partial charge < -0.3 is 14.5 Å². The molecule has 0 N–H and O–H groups in total. The van der Waals surface area contributed by atoms with E-state index in [9.17, 15) is 0 Å². The molecule has 75 heavy (non-hydrogen) atoms. The summed E-state index contributed by atoms with van der Waals surface area (Å²) in [4.78, 5) is 10.3. The molecule has 0 radical (unpaired) electrons. The third-order valence-corrected chi connectivity index (χ3v) is 18.1. The molecule has 10 aromatic rings. The summed E-state index contributed by atoms with van der Waals surface area (Å²) in [5.74, 6) is 2.49. The van der Waals surface area contributed by atoms with Gasteiger partial charge in [0.15, 0.2) is 0 Å². The standard InChI is InChI=1S/C70H64N4O/c1-65(2,3)45-39-40-71-63(41-45)74-59-34-19-12-25-49(59)50-38-37-48(43-62(50)74)75-47-24-22-23-46(42-47)72-44-73(61-36-21-20-35-60(61)72)70-53-28-13-10-26-51(53)64(52-27-11-14-29-54(52)70)68(66(4,5)6)55-30-15-17-32-57(55)69(70,67(7,8)9)58-33-18-16-31-56(58)68/h10-43,64H,44H2,1-9H3. The summed E-state index contributed by atoms with van der Waals surface area (Å²) in [7, 11) is 0. The summed E-state index contributed by atoms with van der Waals surface area (Å²) >= 11 is 0. The molecule has 8 aromatic carbocycles. The molecule has 0 unspecified atom stereocenters. The van der Waals surface area contributed by atoms with Crippen LogP contribution in [0.25, 0.3) is 27.6 Å². The first-order valence-electron chi connectivity index (χ1n) is 26.9. The molecular weight excluding hydrogens is 913 g/mol. The number of hydrogen-bond donors (Lipinski definition) is 0. The van der Waals surface area contributed by atoms with Crippen molar-refractivity contribution < 1.29 is 4.74 Å². The number of pyridine rings is 1. The van der Waals surface area contributed by atoms with Gasteiger partial charge in [0.25, 0.3) is 0 Å². The quantitative estimate of drug-likeness (QED) is 0.172. The summed E-state index contributed by atoms with van der Waals surface area (Å²) < 4.78 is 9.28. The van der Waals surface area contributed by atoms with E-state index in [2.05, 4.69) is 277 Å². The van der Waals surface area contributed by atoms with Gasteiger partial charge in [-0.15, -0.1) is 0 Å². The van der Waals surface area contributed by atoms with Crippen LogP contribution in [0.15, 0.2) is 206 Å². The zero-order valence-electron chi connectivity index (χ0n) is 44.6. The fraction of sp³-hybridized carbons (Fsp3) is 0.243. The zero-order chi connectivity index (χ0) is 51.4. The summed E-state index contributed by atoms with van der Waals surface area (Å²) in [6, 6.07) is 75.8. The largest absolute Gasteiger partial charge is 0.457 e. The van der Waals surface area contributed by atoms with Gasteiger partial charge in [0.2, 0.25) is 0 Å². The lowest BCUT2D eigenvalue weighted by Gasteiger charge is -2.72. The van der Waals surface area contributed by atoms with Crippen molar-refractivity contribution in [3.05, 3.63) is 256 Å². The second kappa shape index (κ2) is 15.6. The van der Waals surface area contributed by atoms with Gasteiger partial charge in [0, 0.05) is 46.1 Å². The molecule has 4 bridgehead atoms. The van der Waals surface area contributed by atoms with Crippen molar-refractivity contribution >= 4 is 38.9 Å². The van der Waals surface area contributed by atoms with Gasteiger partial charge in [-0.1, -0.05) is 196 Å². The first-order chi connectivity index (χ1) is 36.1. The Balaban J connectivity index is 0.967. The maximum atomic E-state index is 6.99. The third kappa shape index (κ3) is 5.82. The van der Waals surface area contributed by atoms with Gasteiger partial charge in [0.05, 0.1) is 34.5 Å². The highest BCUT2D eigenvalue weighted by atomic mass is 16.5. The molecule has 0 spiro atoms. The Morgan fingerprint density at radius 2 is 1.04 bits per heavy atom. The topological polar surface area (TPSA) is 33.5 Å². The van der Waals surface area contributed by atoms with Crippen molar-refractivity contribution in [2.45, 2.75) is 90.0 Å². The molecule has 1 aliphatic heterocycles. The third-order valence-electron chi connectivity index (χ3n) is 18.1. The number of anilines is 3. The minimum atomic E-state index is -0.736. The summed E-state index contributed by atoms with van der Waals surface area (Å²) in [5.41, 5.74) is 16.0. The van der Waals surface area contributed by atoms with Crippen molar-refractivity contribution in [3.8, 4) is 17.3 Å². The molecule has 0 amide bonds. The minimum Gasteiger partial charge on any atom is -0.457 e. The zero-order valence-corrected chi connectivity index (χ0v) is 44.6. The van der Waals surface area contributed by atoms with E-state index in [0.717, 1.165) is 39.4 Å². The number of hydrogen-bond acceptors (Lipinski definition) is 4. The van der Waals surface area contributed by atoms with E-state index in [0.29, 0.717) is 6.67 Å². The maximum absolute atomic E-state index is 6.99. The van der Waals surface area contributed by atoms with E-state index in [1.807, 2.05) is 6.20 Å². The number of aromatic nitrogens is 2. The monoisotopic (exact) mass is 977 g/mol. The first kappa shape index (κ1) is 45.7. The predicted molar refractivity (Wildman–Crippen MR) is 309 cm³/mol. The van der Waals surface area contributed by atoms with Crippen LogP contribution in [0.1, 0.15) is 118 Å². The summed E-state index contributed by atoms with van der Waals surface area (Å²) in [5, 5.41) is 2.35. The first-order valence-corrected chi connectivity index (χ1v) is 26.9. The lowest BCUT2D eigenvalue weighted by molar-refractivity contribution is 0.0865. The van der Waals surface area contributed by atoms with Crippen LogP contribution in [0.2, 0.25) is 0 Å². The minimum absolute atomic E-state index is 0.0221. The molecule has 0 atom stereocenters. The number of ether oxygens (including phenoxy) is 1. The highest BCUT2D eigenvalue weighted by molar-refractivity contribution is 6.09. The fourth-order valence-corrected chi connectivity index (χ4v) is 15.6. The molecule has 370 valence electrons. The molecule has 2 aromatic heterocycles. The highest BCUT2D eigenvalue weighted by Gasteiger charge is 2.75. The smallest absolute Gasteiger partial charge is 0.137 e. The van der Waals surface area contributed by atoms with Crippen molar-refractivity contribution in [2.24, 2.45) is 10.8 Å². The van der Waals surface area contributed by atoms with Gasteiger partial charge in [-0.2, -0.15) is 0 Å². The van der Waals surface area contributed by atoms with Crippen LogP contribution in [0.4, 0.5) is 17.1 Å². The number of nitrogens with zero attached hydrogens (tertiary/aromatic N) is 4. The molecule has 7 aliphatic rings. The van der Waals surface area contributed by atoms with E-state index < -0.39 is 16.4 Å². The van der Waals surface area contributed by atoms with Crippen molar-refractivity contribution in [2.75, 3.05) is 16.5 Å². The second-order valence-corrected chi connectivity index (χ2v) is 24.7. The molecule has 0 saturated heterocycles. The Labute approximate surface area is 442 Å². The molecule has 5 heteroatoms. The Bertz CT molecular complexity index is 3870. The molecule has 17 rings (SSSR count). The summed E-state index contributed by atoms with van der Waals surface area (Å²) in [6.45, 7) is 22.4. The van der Waals surface area contributed by atoms with E-state index in [4.69, 9.17) is 9.72 Å². The summed E-state index contributed by atoms with van der Waals surface area (Å²) in [6.07, 6.45) is 1.94. The van der Waals surface area contributed by atoms with Gasteiger partial charge in [-0.3, -0.25) is 4.57 Å². The normalized spacial score (nSPS) is 21.3. The van der Waals surface area contributed by atoms with E-state index in [1.54, 1.807) is 0 Å². The van der Waals surface area contributed by atoms with Crippen LogP contribution in [-0.4, -0.2) is 16.2 Å². The molecule has 6 aliphatic carbocycles.